The number of benzene rings is 1. The van der Waals surface area contributed by atoms with Crippen molar-refractivity contribution in [1.29, 1.82) is 0 Å². The van der Waals surface area contributed by atoms with Crippen LogP contribution in [0.3, 0.4) is 0 Å². The zero-order valence-electron chi connectivity index (χ0n) is 11.4. The van der Waals surface area contributed by atoms with Crippen molar-refractivity contribution >= 4 is 5.78 Å². The molecule has 0 saturated carbocycles. The van der Waals surface area contributed by atoms with Gasteiger partial charge in [0.1, 0.15) is 5.82 Å². The van der Waals surface area contributed by atoms with Gasteiger partial charge in [-0.1, -0.05) is 31.5 Å². The number of rotatable bonds is 7. The normalized spacial score (nSPS) is 12.7. The molecule has 1 aromatic rings. The van der Waals surface area contributed by atoms with Crippen LogP contribution >= 0.6 is 0 Å². The van der Waals surface area contributed by atoms with Crippen LogP contribution in [0.5, 0.6) is 0 Å². The number of carbonyl (C=O) groups is 1. The molecule has 1 aromatic carbocycles. The minimum absolute atomic E-state index is 0.0607. The van der Waals surface area contributed by atoms with Crippen molar-refractivity contribution in [2.24, 2.45) is 0 Å². The highest BCUT2D eigenvalue weighted by Gasteiger charge is 2.14. The van der Waals surface area contributed by atoms with Gasteiger partial charge in [-0.2, -0.15) is 0 Å². The molecular formula is C15H22FNO. The number of nitrogens with zero attached hydrogens (tertiary/aromatic N) is 1. The van der Waals surface area contributed by atoms with Crippen molar-refractivity contribution in [2.45, 2.75) is 39.2 Å². The van der Waals surface area contributed by atoms with E-state index in [1.807, 2.05) is 11.9 Å². The van der Waals surface area contributed by atoms with Crippen LogP contribution in [0.25, 0.3) is 0 Å². The van der Waals surface area contributed by atoms with Gasteiger partial charge in [0, 0.05) is 12.5 Å². The molecule has 0 aliphatic carbocycles. The van der Waals surface area contributed by atoms with Crippen LogP contribution in [0.2, 0.25) is 0 Å². The molecule has 0 spiro atoms. The monoisotopic (exact) mass is 251 g/mol. The number of Topliss-reactive ketones (excluding diaryl/α,β-unsaturated/α-hetero) is 1. The molecule has 0 N–H and O–H groups in total. The van der Waals surface area contributed by atoms with Gasteiger partial charge in [0.15, 0.2) is 5.78 Å². The molecule has 0 aliphatic heterocycles. The summed E-state index contributed by atoms with van der Waals surface area (Å²) < 4.78 is 13.4. The Morgan fingerprint density at radius 1 is 1.39 bits per heavy atom. The predicted octanol–water partition coefficient (Wildman–Crippen LogP) is 3.06. The minimum atomic E-state index is -0.296. The summed E-state index contributed by atoms with van der Waals surface area (Å²) in [5.74, 6) is -0.235. The topological polar surface area (TPSA) is 20.3 Å². The van der Waals surface area contributed by atoms with Crippen molar-refractivity contribution in [3.05, 3.63) is 35.6 Å². The lowest BCUT2D eigenvalue weighted by molar-refractivity contribution is -0.119. The molecule has 0 radical (unpaired) electrons. The highest BCUT2D eigenvalue weighted by molar-refractivity contribution is 5.82. The standard InChI is InChI=1S/C15H22FNO/c1-4-7-12(2)17(3)11-14(18)10-13-8-5-6-9-15(13)16/h5-6,8-9,12H,4,7,10-11H2,1-3H3. The smallest absolute Gasteiger partial charge is 0.151 e. The van der Waals surface area contributed by atoms with Crippen LogP contribution in [-0.4, -0.2) is 30.3 Å². The number of carbonyl (C=O) groups excluding carboxylic acids is 1. The Morgan fingerprint density at radius 2 is 2.06 bits per heavy atom. The summed E-state index contributed by atoms with van der Waals surface area (Å²) in [4.78, 5) is 13.9. The minimum Gasteiger partial charge on any atom is -0.298 e. The van der Waals surface area contributed by atoms with Gasteiger partial charge in [-0.15, -0.1) is 0 Å². The van der Waals surface area contributed by atoms with E-state index in [1.165, 1.54) is 6.07 Å². The van der Waals surface area contributed by atoms with Crippen LogP contribution in [0.4, 0.5) is 4.39 Å². The third-order valence-electron chi connectivity index (χ3n) is 3.23. The summed E-state index contributed by atoms with van der Waals surface area (Å²) in [7, 11) is 1.94. The first-order valence-corrected chi connectivity index (χ1v) is 6.50. The molecule has 0 amide bonds. The fourth-order valence-corrected chi connectivity index (χ4v) is 1.98. The Labute approximate surface area is 109 Å². The van der Waals surface area contributed by atoms with Crippen molar-refractivity contribution in [2.75, 3.05) is 13.6 Å². The zero-order valence-corrected chi connectivity index (χ0v) is 11.4. The summed E-state index contributed by atoms with van der Waals surface area (Å²) in [5, 5.41) is 0. The molecule has 0 saturated heterocycles. The first kappa shape index (κ1) is 14.8. The highest BCUT2D eigenvalue weighted by Crippen LogP contribution is 2.09. The highest BCUT2D eigenvalue weighted by atomic mass is 19.1. The van der Waals surface area contributed by atoms with Gasteiger partial charge in [0.25, 0.3) is 0 Å². The quantitative estimate of drug-likeness (QED) is 0.742. The van der Waals surface area contributed by atoms with Gasteiger partial charge >= 0.3 is 0 Å². The van der Waals surface area contributed by atoms with E-state index in [9.17, 15) is 9.18 Å². The fourth-order valence-electron chi connectivity index (χ4n) is 1.98. The Bertz CT molecular complexity index is 392. The lowest BCUT2D eigenvalue weighted by Gasteiger charge is -2.23. The molecule has 0 heterocycles. The van der Waals surface area contributed by atoms with Gasteiger partial charge in [-0.3, -0.25) is 9.69 Å². The van der Waals surface area contributed by atoms with Gasteiger partial charge in [0.2, 0.25) is 0 Å². The Morgan fingerprint density at radius 3 is 2.67 bits per heavy atom. The maximum absolute atomic E-state index is 13.4. The van der Waals surface area contributed by atoms with Crippen LogP contribution in [0.15, 0.2) is 24.3 Å². The second-order valence-electron chi connectivity index (χ2n) is 4.86. The number of hydrogen-bond donors (Lipinski definition) is 0. The summed E-state index contributed by atoms with van der Waals surface area (Å²) in [6.07, 6.45) is 2.35. The Balaban J connectivity index is 2.49. The third-order valence-corrected chi connectivity index (χ3v) is 3.23. The van der Waals surface area contributed by atoms with E-state index < -0.39 is 0 Å². The molecule has 1 unspecified atom stereocenters. The zero-order chi connectivity index (χ0) is 13.5. The largest absolute Gasteiger partial charge is 0.298 e. The molecule has 3 heteroatoms. The number of ketones is 1. The van der Waals surface area contributed by atoms with Crippen LogP contribution in [0, 0.1) is 5.82 Å². The van der Waals surface area contributed by atoms with Crippen LogP contribution < -0.4 is 0 Å². The molecule has 0 fully saturated rings. The molecular weight excluding hydrogens is 229 g/mol. The first-order valence-electron chi connectivity index (χ1n) is 6.50. The Hall–Kier alpha value is -1.22. The van der Waals surface area contributed by atoms with Crippen molar-refractivity contribution in [3.8, 4) is 0 Å². The van der Waals surface area contributed by atoms with E-state index in [4.69, 9.17) is 0 Å². The number of likely N-dealkylation sites (N-methyl/N-ethyl adjacent to an activating group) is 1. The molecule has 100 valence electrons. The van der Waals surface area contributed by atoms with Gasteiger partial charge < -0.3 is 0 Å². The third kappa shape index (κ3) is 4.57. The molecule has 0 aromatic heterocycles. The summed E-state index contributed by atoms with van der Waals surface area (Å²) in [6.45, 7) is 4.63. The van der Waals surface area contributed by atoms with E-state index in [0.717, 1.165) is 12.8 Å². The predicted molar refractivity (Wildman–Crippen MR) is 72.1 cm³/mol. The molecule has 1 atom stereocenters. The van der Waals surface area contributed by atoms with Crippen molar-refractivity contribution in [3.63, 3.8) is 0 Å². The SMILES string of the molecule is CCCC(C)N(C)CC(=O)Cc1ccccc1F. The molecule has 2 nitrogen and oxygen atoms in total. The fraction of sp³-hybridized carbons (Fsp3) is 0.533. The van der Waals surface area contributed by atoms with E-state index in [2.05, 4.69) is 13.8 Å². The average molecular weight is 251 g/mol. The van der Waals surface area contributed by atoms with E-state index in [1.54, 1.807) is 18.2 Å². The summed E-state index contributed by atoms with van der Waals surface area (Å²) >= 11 is 0. The summed E-state index contributed by atoms with van der Waals surface area (Å²) in [6, 6.07) is 6.85. The molecule has 18 heavy (non-hydrogen) atoms. The van der Waals surface area contributed by atoms with Crippen LogP contribution in [-0.2, 0) is 11.2 Å². The Kier molecular flexibility index (Phi) is 5.99. The molecule has 0 aliphatic rings. The van der Waals surface area contributed by atoms with E-state index in [-0.39, 0.29) is 18.0 Å². The second kappa shape index (κ2) is 7.27. The number of halogens is 1. The van der Waals surface area contributed by atoms with E-state index in [0.29, 0.717) is 18.2 Å². The summed E-state index contributed by atoms with van der Waals surface area (Å²) in [5.41, 5.74) is 0.485. The van der Waals surface area contributed by atoms with Gasteiger partial charge in [-0.05, 0) is 32.0 Å². The van der Waals surface area contributed by atoms with Crippen LogP contribution in [0.1, 0.15) is 32.3 Å². The maximum Gasteiger partial charge on any atom is 0.151 e. The lowest BCUT2D eigenvalue weighted by Crippen LogP contribution is -2.34. The molecule has 1 rings (SSSR count). The lowest BCUT2D eigenvalue weighted by atomic mass is 10.1. The first-order chi connectivity index (χ1) is 8.54. The van der Waals surface area contributed by atoms with Crippen molar-refractivity contribution < 1.29 is 9.18 Å². The average Bonchev–Trinajstić information content (AvgIpc) is 2.32. The maximum atomic E-state index is 13.4. The van der Waals surface area contributed by atoms with E-state index >= 15 is 0 Å². The van der Waals surface area contributed by atoms with Gasteiger partial charge in [0.05, 0.1) is 6.54 Å². The van der Waals surface area contributed by atoms with Crippen molar-refractivity contribution in [1.82, 2.24) is 4.90 Å². The van der Waals surface area contributed by atoms with Gasteiger partial charge in [-0.25, -0.2) is 4.39 Å². The number of hydrogen-bond acceptors (Lipinski definition) is 2. The second-order valence-corrected chi connectivity index (χ2v) is 4.86. The molecule has 0 bridgehead atoms.